The predicted molar refractivity (Wildman–Crippen MR) is 157 cm³/mol. The van der Waals surface area contributed by atoms with Crippen molar-refractivity contribution in [3.05, 3.63) is 85.9 Å². The summed E-state index contributed by atoms with van der Waals surface area (Å²) in [5, 5.41) is 11.9. The lowest BCUT2D eigenvalue weighted by molar-refractivity contribution is -0.387. The fourth-order valence-corrected chi connectivity index (χ4v) is 6.17. The van der Waals surface area contributed by atoms with Crippen LogP contribution in [0.15, 0.2) is 59.5 Å². The van der Waals surface area contributed by atoms with E-state index >= 15 is 0 Å². The van der Waals surface area contributed by atoms with Crippen molar-refractivity contribution in [1.29, 1.82) is 0 Å². The molecule has 43 heavy (non-hydrogen) atoms. The number of hydrogen-bond acceptors (Lipinski definition) is 10. The fourth-order valence-electron chi connectivity index (χ4n) is 4.79. The largest absolute Gasteiger partial charge is 0.493 e. The quantitative estimate of drug-likeness (QED) is 0.156. The minimum absolute atomic E-state index is 0.0185. The summed E-state index contributed by atoms with van der Waals surface area (Å²) < 4.78 is 53.5. The van der Waals surface area contributed by atoms with Gasteiger partial charge in [0, 0.05) is 24.6 Å². The molecule has 1 atom stereocenters. The summed E-state index contributed by atoms with van der Waals surface area (Å²) in [7, 11) is -0.192. The number of ether oxygens (including phenoxy) is 4. The minimum atomic E-state index is -4.52. The molecule has 0 bridgehead atoms. The highest BCUT2D eigenvalue weighted by Crippen LogP contribution is 2.40. The highest BCUT2D eigenvalue weighted by atomic mass is 35.5. The van der Waals surface area contributed by atoms with Crippen LogP contribution in [-0.2, 0) is 24.6 Å². The maximum Gasteiger partial charge on any atom is 0.303 e. The molecule has 4 rings (SSSR count). The molecule has 0 saturated carbocycles. The average Bonchev–Trinajstić information content (AvgIpc) is 3.01. The van der Waals surface area contributed by atoms with Crippen LogP contribution in [-0.4, -0.2) is 71.8 Å². The molecular formula is C28H28Cl2N2O10S. The topological polar surface area (TPSA) is 144 Å². The van der Waals surface area contributed by atoms with E-state index < -0.39 is 37.8 Å². The zero-order valence-electron chi connectivity index (χ0n) is 23.4. The number of nitrogens with zero attached hydrogens (tertiary/aromatic N) is 2. The lowest BCUT2D eigenvalue weighted by atomic mass is 9.88. The highest BCUT2D eigenvalue weighted by molar-refractivity contribution is 7.87. The first kappa shape index (κ1) is 32.3. The van der Waals surface area contributed by atoms with Gasteiger partial charge >= 0.3 is 10.1 Å². The van der Waals surface area contributed by atoms with E-state index in [1.165, 1.54) is 45.6 Å². The Balaban J connectivity index is 1.66. The van der Waals surface area contributed by atoms with Crippen molar-refractivity contribution in [2.75, 3.05) is 47.6 Å². The molecule has 12 nitrogen and oxygen atoms in total. The SMILES string of the molecule is COc1cc(C(=O)N2CCOC(CCOS(=O)(=O)c3ccccc3[N+](=O)[O-])(c3ccc(Cl)c(Cl)c3)C2)cc(OC)c1OC. The molecule has 1 aliphatic rings. The van der Waals surface area contributed by atoms with Gasteiger partial charge in [0.15, 0.2) is 16.4 Å². The van der Waals surface area contributed by atoms with E-state index in [9.17, 15) is 23.3 Å². The van der Waals surface area contributed by atoms with Gasteiger partial charge in [-0.3, -0.25) is 19.1 Å². The molecule has 0 radical (unpaired) electrons. The molecule has 1 aliphatic heterocycles. The minimum Gasteiger partial charge on any atom is -0.493 e. The molecule has 1 saturated heterocycles. The van der Waals surface area contributed by atoms with E-state index in [0.717, 1.165) is 12.1 Å². The van der Waals surface area contributed by atoms with E-state index in [2.05, 4.69) is 0 Å². The molecule has 3 aromatic rings. The van der Waals surface area contributed by atoms with Crippen LogP contribution in [0, 0.1) is 10.1 Å². The van der Waals surface area contributed by atoms with Crippen LogP contribution in [0.1, 0.15) is 22.3 Å². The Kier molecular flexibility index (Phi) is 10.0. The molecule has 1 unspecified atom stereocenters. The molecule has 0 N–H and O–H groups in total. The number of benzene rings is 3. The number of nitro benzene ring substituents is 1. The number of amides is 1. The predicted octanol–water partition coefficient (Wildman–Crippen LogP) is 5.09. The summed E-state index contributed by atoms with van der Waals surface area (Å²) in [4.78, 5) is 25.3. The second kappa shape index (κ2) is 13.3. The van der Waals surface area contributed by atoms with Crippen LogP contribution >= 0.6 is 23.2 Å². The number of halogens is 2. The van der Waals surface area contributed by atoms with E-state index in [1.54, 1.807) is 23.1 Å². The molecule has 0 spiro atoms. The second-order valence-corrected chi connectivity index (χ2v) is 11.8. The molecule has 1 fully saturated rings. The van der Waals surface area contributed by atoms with Gasteiger partial charge in [0.1, 0.15) is 5.60 Å². The van der Waals surface area contributed by atoms with Gasteiger partial charge in [-0.05, 0) is 35.9 Å². The Morgan fingerprint density at radius 2 is 1.70 bits per heavy atom. The Hall–Kier alpha value is -3.62. The Bertz CT molecular complexity index is 1610. The molecule has 1 amide bonds. The van der Waals surface area contributed by atoms with Gasteiger partial charge in [-0.15, -0.1) is 0 Å². The third kappa shape index (κ3) is 6.81. The third-order valence-corrected chi connectivity index (χ3v) is 9.01. The summed E-state index contributed by atoms with van der Waals surface area (Å²) in [5.74, 6) is 0.539. The van der Waals surface area contributed by atoms with Crippen molar-refractivity contribution in [3.8, 4) is 17.2 Å². The molecule has 230 valence electrons. The number of methoxy groups -OCH3 is 3. The van der Waals surface area contributed by atoms with Gasteiger partial charge in [0.25, 0.3) is 11.6 Å². The van der Waals surface area contributed by atoms with Gasteiger partial charge in [-0.25, -0.2) is 0 Å². The van der Waals surface area contributed by atoms with Crippen LogP contribution in [0.2, 0.25) is 10.0 Å². The number of nitro groups is 1. The maximum absolute atomic E-state index is 13.8. The monoisotopic (exact) mass is 654 g/mol. The maximum atomic E-state index is 13.8. The van der Waals surface area contributed by atoms with Gasteiger partial charge in [-0.2, -0.15) is 8.42 Å². The second-order valence-electron chi connectivity index (χ2n) is 9.36. The zero-order chi connectivity index (χ0) is 31.4. The van der Waals surface area contributed by atoms with Gasteiger partial charge < -0.3 is 23.8 Å². The number of carbonyl (C=O) groups is 1. The average molecular weight is 656 g/mol. The van der Waals surface area contributed by atoms with Crippen molar-refractivity contribution >= 4 is 44.9 Å². The Morgan fingerprint density at radius 1 is 1.02 bits per heavy atom. The number of hydrogen-bond donors (Lipinski definition) is 0. The first-order valence-electron chi connectivity index (χ1n) is 12.8. The normalized spacial score (nSPS) is 16.9. The standard InChI is InChI=1S/C28H28Cl2N2O10S/c1-38-23-14-18(15-24(39-2)26(23)40-3)27(33)31-11-13-41-28(17-31,19-8-9-20(29)21(30)16-19)10-12-42-43(36,37)25-7-5-4-6-22(25)32(34)35/h4-9,14-16H,10-13,17H2,1-3H3. The molecule has 1 heterocycles. The summed E-state index contributed by atoms with van der Waals surface area (Å²) in [6.45, 7) is -0.141. The summed E-state index contributed by atoms with van der Waals surface area (Å²) in [6, 6.07) is 12.7. The van der Waals surface area contributed by atoms with Crippen LogP contribution in [0.5, 0.6) is 17.2 Å². The number of carbonyl (C=O) groups excluding carboxylic acids is 1. The molecule has 0 aliphatic carbocycles. The van der Waals surface area contributed by atoms with Crippen molar-refractivity contribution < 1.29 is 41.3 Å². The van der Waals surface area contributed by atoms with Gasteiger partial charge in [0.2, 0.25) is 5.75 Å². The lowest BCUT2D eigenvalue weighted by Gasteiger charge is -2.43. The van der Waals surface area contributed by atoms with Crippen molar-refractivity contribution in [2.45, 2.75) is 16.9 Å². The Labute approximate surface area is 258 Å². The number of rotatable bonds is 11. The van der Waals surface area contributed by atoms with Crippen molar-refractivity contribution in [3.63, 3.8) is 0 Å². The summed E-state index contributed by atoms with van der Waals surface area (Å²) >= 11 is 12.5. The van der Waals surface area contributed by atoms with Crippen LogP contribution in [0.3, 0.4) is 0 Å². The molecule has 3 aromatic carbocycles. The van der Waals surface area contributed by atoms with Crippen molar-refractivity contribution in [1.82, 2.24) is 4.90 Å². The molecular weight excluding hydrogens is 627 g/mol. The van der Waals surface area contributed by atoms with E-state index in [0.29, 0.717) is 22.8 Å². The van der Waals surface area contributed by atoms with Crippen molar-refractivity contribution in [2.24, 2.45) is 0 Å². The van der Waals surface area contributed by atoms with Crippen LogP contribution < -0.4 is 14.2 Å². The van der Waals surface area contributed by atoms with Crippen LogP contribution in [0.4, 0.5) is 5.69 Å². The first-order valence-corrected chi connectivity index (χ1v) is 14.9. The van der Waals surface area contributed by atoms with Crippen LogP contribution in [0.25, 0.3) is 0 Å². The smallest absolute Gasteiger partial charge is 0.303 e. The van der Waals surface area contributed by atoms with E-state index in [1.807, 2.05) is 0 Å². The number of morpholine rings is 1. The molecule has 0 aromatic heterocycles. The lowest BCUT2D eigenvalue weighted by Crippen LogP contribution is -2.52. The van der Waals surface area contributed by atoms with E-state index in [4.69, 9.17) is 46.3 Å². The zero-order valence-corrected chi connectivity index (χ0v) is 25.7. The summed E-state index contributed by atoms with van der Waals surface area (Å²) in [6.07, 6.45) is -0.0656. The van der Waals surface area contributed by atoms with E-state index in [-0.39, 0.29) is 47.6 Å². The number of para-hydroxylation sites is 1. The van der Waals surface area contributed by atoms with Gasteiger partial charge in [-0.1, -0.05) is 41.4 Å². The summed E-state index contributed by atoms with van der Waals surface area (Å²) in [5.41, 5.74) is -1.11. The van der Waals surface area contributed by atoms with Gasteiger partial charge in [0.05, 0.1) is 56.1 Å². The Morgan fingerprint density at radius 3 is 2.30 bits per heavy atom. The highest BCUT2D eigenvalue weighted by Gasteiger charge is 2.41. The molecule has 15 heteroatoms. The first-order chi connectivity index (χ1) is 20.5. The third-order valence-electron chi connectivity index (χ3n) is 6.91. The fraction of sp³-hybridized carbons (Fsp3) is 0.321.